The number of likely N-dealkylation sites (tertiary alicyclic amines) is 1. The number of carbonyl (C=O) groups is 2. The van der Waals surface area contributed by atoms with Gasteiger partial charge in [0, 0.05) is 25.0 Å². The standard InChI is InChI=1S/C14H14F3NO3/c1-2-21-12-7-6-11(19)18(12)13(20)9-4-3-5-10(8-9)14(15,16)17/h3-5,8,12H,2,6-7H2,1H3. The molecule has 1 atom stereocenters. The molecule has 7 heteroatoms. The van der Waals surface area contributed by atoms with Gasteiger partial charge in [-0.2, -0.15) is 13.2 Å². The van der Waals surface area contributed by atoms with Gasteiger partial charge in [0.25, 0.3) is 5.91 Å². The zero-order valence-corrected chi connectivity index (χ0v) is 11.3. The first-order valence-electron chi connectivity index (χ1n) is 6.50. The summed E-state index contributed by atoms with van der Waals surface area (Å²) in [6.45, 7) is 2.03. The molecule has 0 aromatic heterocycles. The van der Waals surface area contributed by atoms with E-state index >= 15 is 0 Å². The fourth-order valence-corrected chi connectivity index (χ4v) is 2.22. The first-order chi connectivity index (χ1) is 9.84. The molecule has 2 amide bonds. The van der Waals surface area contributed by atoms with E-state index in [0.717, 1.165) is 23.1 Å². The van der Waals surface area contributed by atoms with E-state index in [9.17, 15) is 22.8 Å². The molecule has 1 aromatic carbocycles. The fourth-order valence-electron chi connectivity index (χ4n) is 2.22. The van der Waals surface area contributed by atoms with E-state index < -0.39 is 29.8 Å². The molecule has 1 fully saturated rings. The van der Waals surface area contributed by atoms with Gasteiger partial charge in [0.15, 0.2) is 0 Å². The van der Waals surface area contributed by atoms with Gasteiger partial charge in [-0.15, -0.1) is 0 Å². The lowest BCUT2D eigenvalue weighted by Crippen LogP contribution is -2.40. The van der Waals surface area contributed by atoms with Crippen molar-refractivity contribution in [2.24, 2.45) is 0 Å². The van der Waals surface area contributed by atoms with Gasteiger partial charge in [-0.3, -0.25) is 14.5 Å². The summed E-state index contributed by atoms with van der Waals surface area (Å²) >= 11 is 0. The van der Waals surface area contributed by atoms with Crippen molar-refractivity contribution in [1.82, 2.24) is 4.90 Å². The molecule has 1 heterocycles. The Morgan fingerprint density at radius 1 is 1.43 bits per heavy atom. The lowest BCUT2D eigenvalue weighted by Gasteiger charge is -2.22. The van der Waals surface area contributed by atoms with Crippen LogP contribution in [-0.4, -0.2) is 29.5 Å². The van der Waals surface area contributed by atoms with Gasteiger partial charge in [-0.25, -0.2) is 0 Å². The maximum Gasteiger partial charge on any atom is 0.416 e. The first kappa shape index (κ1) is 15.5. The summed E-state index contributed by atoms with van der Waals surface area (Å²) < 4.78 is 43.3. The van der Waals surface area contributed by atoms with E-state index in [0.29, 0.717) is 13.0 Å². The molecule has 0 bridgehead atoms. The van der Waals surface area contributed by atoms with Crippen LogP contribution in [0.1, 0.15) is 35.7 Å². The Kier molecular flexibility index (Phi) is 4.32. The molecule has 114 valence electrons. The van der Waals surface area contributed by atoms with Crippen molar-refractivity contribution in [3.8, 4) is 0 Å². The number of alkyl halides is 3. The minimum absolute atomic E-state index is 0.148. The number of carbonyl (C=O) groups excluding carboxylic acids is 2. The SMILES string of the molecule is CCOC1CCC(=O)N1C(=O)c1cccc(C(F)(F)F)c1. The smallest absolute Gasteiger partial charge is 0.358 e. The maximum absolute atomic E-state index is 12.7. The van der Waals surface area contributed by atoms with E-state index in [2.05, 4.69) is 0 Å². The predicted molar refractivity (Wildman–Crippen MR) is 67.3 cm³/mol. The molecule has 0 N–H and O–H groups in total. The van der Waals surface area contributed by atoms with E-state index in [4.69, 9.17) is 4.74 Å². The molecule has 1 aliphatic rings. The summed E-state index contributed by atoms with van der Waals surface area (Å²) in [6, 6.07) is 4.03. The number of ether oxygens (including phenoxy) is 1. The van der Waals surface area contributed by atoms with Crippen LogP contribution in [0.15, 0.2) is 24.3 Å². The Bertz CT molecular complexity index is 557. The van der Waals surface area contributed by atoms with Crippen LogP contribution in [0.3, 0.4) is 0 Å². The minimum atomic E-state index is -4.54. The van der Waals surface area contributed by atoms with E-state index in [1.807, 2.05) is 0 Å². The molecule has 0 radical (unpaired) electrons. The summed E-state index contributed by atoms with van der Waals surface area (Å²) in [7, 11) is 0. The Balaban J connectivity index is 2.29. The van der Waals surface area contributed by atoms with Crippen LogP contribution in [0.4, 0.5) is 13.2 Å². The number of hydrogen-bond acceptors (Lipinski definition) is 3. The summed E-state index contributed by atoms with van der Waals surface area (Å²) in [6.07, 6.45) is -4.73. The second-order valence-corrected chi connectivity index (χ2v) is 4.60. The highest BCUT2D eigenvalue weighted by molar-refractivity contribution is 6.05. The molecule has 4 nitrogen and oxygen atoms in total. The number of imide groups is 1. The van der Waals surface area contributed by atoms with Crippen molar-refractivity contribution in [2.75, 3.05) is 6.61 Å². The number of halogens is 3. The second-order valence-electron chi connectivity index (χ2n) is 4.60. The molecule has 1 aromatic rings. The molecule has 1 aliphatic heterocycles. The van der Waals surface area contributed by atoms with Gasteiger partial charge in [0.05, 0.1) is 5.56 Å². The Morgan fingerprint density at radius 3 is 2.76 bits per heavy atom. The van der Waals surface area contributed by atoms with E-state index in [-0.39, 0.29) is 12.0 Å². The predicted octanol–water partition coefficient (Wildman–Crippen LogP) is 2.83. The van der Waals surface area contributed by atoms with Crippen LogP contribution in [0.25, 0.3) is 0 Å². The number of amides is 2. The Morgan fingerprint density at radius 2 is 2.14 bits per heavy atom. The van der Waals surface area contributed by atoms with E-state index in [1.54, 1.807) is 6.92 Å². The number of nitrogens with zero attached hydrogens (tertiary/aromatic N) is 1. The average molecular weight is 301 g/mol. The maximum atomic E-state index is 12.7. The molecular weight excluding hydrogens is 287 g/mol. The molecule has 1 unspecified atom stereocenters. The molecule has 21 heavy (non-hydrogen) atoms. The van der Waals surface area contributed by atoms with Crippen molar-refractivity contribution in [2.45, 2.75) is 32.2 Å². The van der Waals surface area contributed by atoms with Gasteiger partial charge in [0.1, 0.15) is 6.23 Å². The van der Waals surface area contributed by atoms with Crippen LogP contribution in [0.2, 0.25) is 0 Å². The average Bonchev–Trinajstić information content (AvgIpc) is 2.79. The monoisotopic (exact) mass is 301 g/mol. The van der Waals surface area contributed by atoms with Crippen molar-refractivity contribution in [3.05, 3.63) is 35.4 Å². The summed E-state index contributed by atoms with van der Waals surface area (Å²) in [5.41, 5.74) is -1.10. The van der Waals surface area contributed by atoms with Gasteiger partial charge in [0.2, 0.25) is 5.91 Å². The molecule has 0 saturated carbocycles. The molecule has 2 rings (SSSR count). The number of hydrogen-bond donors (Lipinski definition) is 0. The highest BCUT2D eigenvalue weighted by Crippen LogP contribution is 2.30. The molecule has 0 aliphatic carbocycles. The van der Waals surface area contributed by atoms with Crippen LogP contribution in [-0.2, 0) is 15.7 Å². The van der Waals surface area contributed by atoms with Crippen molar-refractivity contribution in [1.29, 1.82) is 0 Å². The summed E-state index contributed by atoms with van der Waals surface area (Å²) in [4.78, 5) is 24.9. The fraction of sp³-hybridized carbons (Fsp3) is 0.429. The van der Waals surface area contributed by atoms with Crippen LogP contribution in [0.5, 0.6) is 0 Å². The van der Waals surface area contributed by atoms with Gasteiger partial charge < -0.3 is 4.74 Å². The zero-order valence-electron chi connectivity index (χ0n) is 11.3. The summed E-state index contributed by atoms with van der Waals surface area (Å²) in [5, 5.41) is 0. The third-order valence-corrected chi connectivity index (χ3v) is 3.18. The van der Waals surface area contributed by atoms with Crippen molar-refractivity contribution in [3.63, 3.8) is 0 Å². The second kappa shape index (κ2) is 5.85. The van der Waals surface area contributed by atoms with Crippen LogP contribution >= 0.6 is 0 Å². The Hall–Kier alpha value is -1.89. The largest absolute Gasteiger partial charge is 0.416 e. The van der Waals surface area contributed by atoms with Crippen LogP contribution < -0.4 is 0 Å². The van der Waals surface area contributed by atoms with Crippen molar-refractivity contribution >= 4 is 11.8 Å². The lowest BCUT2D eigenvalue weighted by atomic mass is 10.1. The number of rotatable bonds is 3. The lowest BCUT2D eigenvalue weighted by molar-refractivity contribution is -0.137. The van der Waals surface area contributed by atoms with Gasteiger partial charge in [-0.05, 0) is 25.1 Å². The third kappa shape index (κ3) is 3.24. The van der Waals surface area contributed by atoms with Crippen LogP contribution in [0, 0.1) is 0 Å². The minimum Gasteiger partial charge on any atom is -0.358 e. The highest BCUT2D eigenvalue weighted by Gasteiger charge is 2.38. The van der Waals surface area contributed by atoms with Gasteiger partial charge in [-0.1, -0.05) is 6.07 Å². The molecule has 1 saturated heterocycles. The molecular formula is C14H14F3NO3. The highest BCUT2D eigenvalue weighted by atomic mass is 19.4. The quantitative estimate of drug-likeness (QED) is 0.807. The molecule has 0 spiro atoms. The third-order valence-electron chi connectivity index (χ3n) is 3.18. The zero-order chi connectivity index (χ0) is 15.6. The first-order valence-corrected chi connectivity index (χ1v) is 6.50. The number of benzene rings is 1. The Labute approximate surface area is 119 Å². The topological polar surface area (TPSA) is 46.6 Å². The van der Waals surface area contributed by atoms with E-state index in [1.165, 1.54) is 6.07 Å². The normalized spacial score (nSPS) is 19.1. The van der Waals surface area contributed by atoms with Gasteiger partial charge >= 0.3 is 6.18 Å². The summed E-state index contributed by atoms with van der Waals surface area (Å²) in [5.74, 6) is -1.20. The van der Waals surface area contributed by atoms with Crippen molar-refractivity contribution < 1.29 is 27.5 Å².